The molecule has 0 aliphatic heterocycles. The van der Waals surface area contributed by atoms with E-state index in [1.807, 2.05) is 0 Å². The van der Waals surface area contributed by atoms with E-state index in [-0.39, 0.29) is 50.3 Å². The van der Waals surface area contributed by atoms with E-state index in [9.17, 15) is 2.74 Å². The number of hydrogen-bond acceptors (Lipinski definition) is 0. The molecule has 206 valence electrons. The molecule has 0 amide bonds. The van der Waals surface area contributed by atoms with Crippen molar-refractivity contribution in [3.8, 4) is 33.6 Å². The molecular weight excluding hydrogens is 532 g/mol. The van der Waals surface area contributed by atoms with Gasteiger partial charge >= 0.3 is 0 Å². The van der Waals surface area contributed by atoms with Crippen LogP contribution in [0.4, 0.5) is 0 Å². The van der Waals surface area contributed by atoms with E-state index in [1.165, 1.54) is 4.57 Å². The van der Waals surface area contributed by atoms with Crippen molar-refractivity contribution in [1.82, 2.24) is 9.13 Å². The zero-order chi connectivity index (χ0) is 45.6. The molecule has 0 spiro atoms. The number of rotatable bonds is 4. The van der Waals surface area contributed by atoms with Gasteiger partial charge in [-0.25, -0.2) is 0 Å². The van der Waals surface area contributed by atoms with Crippen LogP contribution in [0.1, 0.15) is 26.0 Å². The SMILES string of the molecule is [2H]c1cc([2H])c(-c2c([2H])c([2H])c([2H])c([2H])c2[2H])c([2H])c1-c1c([2H])cc([2H])c(-n2c3ccccc3c3cc(-n4c5c([2H])c([2H])c([2H])c([2H])c5c5c([2H])c([2H])c([2H])c([2H])c54)ccc32)c1[2H]. The summed E-state index contributed by atoms with van der Waals surface area (Å²) in [6.07, 6.45) is 0. The van der Waals surface area contributed by atoms with E-state index in [4.69, 9.17) is 23.3 Å². The summed E-state index contributed by atoms with van der Waals surface area (Å²) in [6.45, 7) is 0. The summed E-state index contributed by atoms with van der Waals surface area (Å²) < 4.78 is 168. The van der Waals surface area contributed by atoms with Crippen molar-refractivity contribution < 1.29 is 26.0 Å². The average Bonchev–Trinajstić information content (AvgIpc) is 3.78. The number of nitrogens with zero attached hydrogens (tertiary/aromatic N) is 2. The minimum atomic E-state index is -0.703. The second-order valence-electron chi connectivity index (χ2n) is 9.93. The van der Waals surface area contributed by atoms with Crippen LogP contribution in [0.15, 0.2) is 169 Å². The van der Waals surface area contributed by atoms with Gasteiger partial charge in [0.1, 0.15) is 0 Å². The molecule has 44 heavy (non-hydrogen) atoms. The lowest BCUT2D eigenvalue weighted by molar-refractivity contribution is 1.17. The molecule has 0 aliphatic carbocycles. The molecule has 9 rings (SSSR count). The quantitative estimate of drug-likeness (QED) is 0.196. The monoisotopic (exact) mass is 579 g/mol. The first-order chi connectivity index (χ1) is 29.7. The first-order valence-corrected chi connectivity index (χ1v) is 13.6. The van der Waals surface area contributed by atoms with Gasteiger partial charge in [-0.05, 0) is 76.7 Å². The van der Waals surface area contributed by atoms with Crippen LogP contribution in [-0.4, -0.2) is 9.13 Å². The van der Waals surface area contributed by atoms with Gasteiger partial charge in [0, 0.05) is 32.9 Å². The van der Waals surface area contributed by atoms with Crippen molar-refractivity contribution in [1.29, 1.82) is 0 Å². The molecule has 2 nitrogen and oxygen atoms in total. The highest BCUT2D eigenvalue weighted by Crippen LogP contribution is 2.37. The third kappa shape index (κ3) is 3.82. The van der Waals surface area contributed by atoms with Crippen molar-refractivity contribution in [2.75, 3.05) is 0 Å². The number of fused-ring (bicyclic) bond motifs is 6. The minimum absolute atomic E-state index is 0.0808. The maximum atomic E-state index is 9.61. The molecule has 2 aromatic heterocycles. The summed E-state index contributed by atoms with van der Waals surface area (Å²) in [5, 5.41) is 0.863. The predicted molar refractivity (Wildman–Crippen MR) is 186 cm³/mol. The minimum Gasteiger partial charge on any atom is -0.309 e. The number of hydrogen-bond donors (Lipinski definition) is 0. The Morgan fingerprint density at radius 2 is 0.955 bits per heavy atom. The Kier molecular flexibility index (Phi) is 2.78. The predicted octanol–water partition coefficient (Wildman–Crippen LogP) is 11.2. The van der Waals surface area contributed by atoms with Crippen LogP contribution in [0.25, 0.3) is 77.2 Å². The lowest BCUT2D eigenvalue weighted by atomic mass is 9.99. The van der Waals surface area contributed by atoms with E-state index in [0.29, 0.717) is 21.8 Å². The fourth-order valence-corrected chi connectivity index (χ4v) is 5.66. The van der Waals surface area contributed by atoms with Gasteiger partial charge in [-0.1, -0.05) is 115 Å². The molecule has 0 atom stereocenters. The van der Waals surface area contributed by atoms with Gasteiger partial charge in [-0.15, -0.1) is 0 Å². The maximum absolute atomic E-state index is 9.61. The van der Waals surface area contributed by atoms with Crippen LogP contribution in [-0.2, 0) is 0 Å². The molecule has 0 unspecified atom stereocenters. The van der Waals surface area contributed by atoms with Crippen molar-refractivity contribution in [3.05, 3.63) is 169 Å². The van der Waals surface area contributed by atoms with E-state index in [1.54, 1.807) is 47.0 Å². The van der Waals surface area contributed by atoms with Crippen LogP contribution < -0.4 is 0 Å². The third-order valence-corrected chi connectivity index (χ3v) is 7.52. The maximum Gasteiger partial charge on any atom is 0.0651 e. The Morgan fingerprint density at radius 3 is 1.73 bits per heavy atom. The van der Waals surface area contributed by atoms with Crippen molar-refractivity contribution in [3.63, 3.8) is 0 Å². The van der Waals surface area contributed by atoms with E-state index < -0.39 is 120 Å². The Morgan fingerprint density at radius 1 is 0.364 bits per heavy atom. The van der Waals surface area contributed by atoms with Crippen LogP contribution >= 0.6 is 0 Å². The molecule has 0 aliphatic rings. The third-order valence-electron chi connectivity index (χ3n) is 7.52. The largest absolute Gasteiger partial charge is 0.309 e. The second-order valence-corrected chi connectivity index (χ2v) is 9.93. The first-order valence-electron chi connectivity index (χ1n) is 23.1. The highest BCUT2D eigenvalue weighted by molar-refractivity contribution is 6.12. The molecule has 0 fully saturated rings. The molecule has 7 aromatic carbocycles. The molecule has 0 saturated heterocycles. The molecule has 0 radical (unpaired) electrons. The Hall–Kier alpha value is -5.86. The fourth-order valence-electron chi connectivity index (χ4n) is 5.66. The normalized spacial score (nSPS) is 17.7. The second kappa shape index (κ2) is 9.86. The molecule has 0 saturated carbocycles. The van der Waals surface area contributed by atoms with E-state index in [2.05, 4.69) is 0 Å². The average molecular weight is 580 g/mol. The number of benzene rings is 7. The van der Waals surface area contributed by atoms with Gasteiger partial charge in [0.05, 0.1) is 48.1 Å². The molecular formula is C42H28N2. The van der Waals surface area contributed by atoms with Crippen LogP contribution in [0.3, 0.4) is 0 Å². The van der Waals surface area contributed by atoms with E-state index in [0.717, 1.165) is 12.1 Å². The lowest BCUT2D eigenvalue weighted by Gasteiger charge is -2.12. The summed E-state index contributed by atoms with van der Waals surface area (Å²) in [5.74, 6) is 0. The zero-order valence-electron chi connectivity index (χ0n) is 41.6. The van der Waals surface area contributed by atoms with Crippen LogP contribution in [0.2, 0.25) is 0 Å². The zero-order valence-corrected chi connectivity index (χ0v) is 22.6. The highest BCUT2D eigenvalue weighted by atomic mass is 15.0. The van der Waals surface area contributed by atoms with Crippen molar-refractivity contribution >= 4 is 43.6 Å². The van der Waals surface area contributed by atoms with Crippen LogP contribution in [0, 0.1) is 0 Å². The topological polar surface area (TPSA) is 9.86 Å². The smallest absolute Gasteiger partial charge is 0.0651 e. The Labute approximate surface area is 282 Å². The van der Waals surface area contributed by atoms with Gasteiger partial charge in [0.15, 0.2) is 0 Å². The summed E-state index contributed by atoms with van der Waals surface area (Å²) >= 11 is 0. The summed E-state index contributed by atoms with van der Waals surface area (Å²) in [6, 6.07) is 3.46. The fraction of sp³-hybridized carbons (Fsp3) is 0. The lowest BCUT2D eigenvalue weighted by Crippen LogP contribution is -1.96. The summed E-state index contributed by atoms with van der Waals surface area (Å²) in [7, 11) is 0. The van der Waals surface area contributed by atoms with Gasteiger partial charge in [-0.3, -0.25) is 0 Å². The summed E-state index contributed by atoms with van der Waals surface area (Å²) in [4.78, 5) is 0. The molecule has 9 aromatic rings. The van der Waals surface area contributed by atoms with Gasteiger partial charge in [0.2, 0.25) is 0 Å². The highest BCUT2D eigenvalue weighted by Gasteiger charge is 2.16. The molecule has 2 heteroatoms. The van der Waals surface area contributed by atoms with Crippen molar-refractivity contribution in [2.45, 2.75) is 0 Å². The Balaban J connectivity index is 1.35. The molecule has 0 N–H and O–H groups in total. The first kappa shape index (κ1) is 12.4. The molecule has 2 heterocycles. The number of para-hydroxylation sites is 3. The van der Waals surface area contributed by atoms with Gasteiger partial charge < -0.3 is 9.13 Å². The van der Waals surface area contributed by atoms with Crippen molar-refractivity contribution in [2.24, 2.45) is 0 Å². The Bertz CT molecular complexity index is 3460. The summed E-state index contributed by atoms with van der Waals surface area (Å²) in [5.41, 5.74) is -0.628. The van der Waals surface area contributed by atoms with Gasteiger partial charge in [0.25, 0.3) is 0 Å². The van der Waals surface area contributed by atoms with E-state index >= 15 is 0 Å². The number of aromatic nitrogens is 2. The van der Waals surface area contributed by atoms with Crippen LogP contribution in [0.5, 0.6) is 0 Å². The van der Waals surface area contributed by atoms with Gasteiger partial charge in [-0.2, -0.15) is 0 Å². The molecule has 0 bridgehead atoms. The standard InChI is InChI=1S/C42H28N2/c1-2-12-29(13-3-1)30-14-10-15-31(26-30)32-16-11-17-33(27-32)43-41-23-9-6-20-37(41)38-28-34(24-25-42(38)43)44-39-21-7-4-18-35(39)36-19-5-8-22-40(36)44/h1-28H/i1D,2D,3D,4D,5D,7D,8D,12D,13D,14D,15D,16D,17D,18D,19D,21D,22D,26D,27D.